The summed E-state index contributed by atoms with van der Waals surface area (Å²) in [6.07, 6.45) is -0.752. The van der Waals surface area contributed by atoms with Crippen molar-refractivity contribution >= 4 is 5.97 Å². The van der Waals surface area contributed by atoms with Gasteiger partial charge in [-0.3, -0.25) is 14.3 Å². The highest BCUT2D eigenvalue weighted by molar-refractivity contribution is 5.75. The summed E-state index contributed by atoms with van der Waals surface area (Å²) in [6.45, 7) is -0.174. The first-order valence-electron chi connectivity index (χ1n) is 6.35. The molecule has 3 N–H and O–H groups in total. The van der Waals surface area contributed by atoms with Crippen LogP contribution in [0, 0.1) is 0 Å². The van der Waals surface area contributed by atoms with E-state index in [-0.39, 0.29) is 18.3 Å². The van der Waals surface area contributed by atoms with Crippen LogP contribution in [0.3, 0.4) is 0 Å². The molecule has 1 saturated heterocycles. The summed E-state index contributed by atoms with van der Waals surface area (Å²) in [5.41, 5.74) is -1.90. The van der Waals surface area contributed by atoms with Crippen LogP contribution >= 0.6 is 0 Å². The number of methoxy groups -OCH3 is 1. The number of aromatic nitrogens is 2. The molecule has 0 spiro atoms. The molecule has 1 aliphatic heterocycles. The van der Waals surface area contributed by atoms with E-state index in [0.717, 1.165) is 17.9 Å². The third-order valence-electron chi connectivity index (χ3n) is 3.31. The van der Waals surface area contributed by atoms with Gasteiger partial charge in [0.2, 0.25) is 0 Å². The standard InChI is InChI=1S/C12H16N2O7/c1-20-11(18)9(16)7-4-14(12(19)13-10(7)17)8-3-2-6(5-15)21-8/h4,6,8-9,15-16H,2-3,5H2,1H3,(H,13,17,19). The molecule has 0 aliphatic carbocycles. The van der Waals surface area contributed by atoms with E-state index >= 15 is 0 Å². The molecule has 0 saturated carbocycles. The Kier molecular flexibility index (Phi) is 4.56. The van der Waals surface area contributed by atoms with Gasteiger partial charge in [0.1, 0.15) is 6.23 Å². The Morgan fingerprint density at radius 2 is 2.29 bits per heavy atom. The SMILES string of the molecule is COC(=O)C(O)c1cn(C2CCC(CO)O2)c(=O)[nH]c1=O. The van der Waals surface area contributed by atoms with Crippen LogP contribution in [0.15, 0.2) is 15.8 Å². The first kappa shape index (κ1) is 15.4. The van der Waals surface area contributed by atoms with Crippen molar-refractivity contribution in [1.29, 1.82) is 0 Å². The fourth-order valence-corrected chi connectivity index (χ4v) is 2.17. The van der Waals surface area contributed by atoms with Crippen LogP contribution in [0.2, 0.25) is 0 Å². The van der Waals surface area contributed by atoms with Gasteiger partial charge < -0.3 is 19.7 Å². The Morgan fingerprint density at radius 1 is 1.57 bits per heavy atom. The van der Waals surface area contributed by atoms with Crippen LogP contribution in [0.4, 0.5) is 0 Å². The molecule has 2 rings (SSSR count). The third-order valence-corrected chi connectivity index (χ3v) is 3.31. The van der Waals surface area contributed by atoms with Gasteiger partial charge in [0.25, 0.3) is 5.56 Å². The maximum atomic E-state index is 11.8. The van der Waals surface area contributed by atoms with E-state index in [4.69, 9.17) is 9.84 Å². The molecule has 1 aromatic heterocycles. The molecule has 2 heterocycles. The third kappa shape index (κ3) is 3.04. The molecule has 9 nitrogen and oxygen atoms in total. The molecule has 3 unspecified atom stereocenters. The van der Waals surface area contributed by atoms with Gasteiger partial charge in [0.15, 0.2) is 6.10 Å². The van der Waals surface area contributed by atoms with Gasteiger partial charge in [-0.25, -0.2) is 9.59 Å². The van der Waals surface area contributed by atoms with Crippen molar-refractivity contribution in [2.24, 2.45) is 0 Å². The zero-order valence-corrected chi connectivity index (χ0v) is 11.3. The average molecular weight is 300 g/mol. The zero-order chi connectivity index (χ0) is 15.6. The number of aromatic amines is 1. The van der Waals surface area contributed by atoms with Crippen molar-refractivity contribution in [2.75, 3.05) is 13.7 Å². The van der Waals surface area contributed by atoms with E-state index in [1.165, 1.54) is 0 Å². The van der Waals surface area contributed by atoms with E-state index in [9.17, 15) is 19.5 Å². The fraction of sp³-hybridized carbons (Fsp3) is 0.583. The number of aliphatic hydroxyl groups is 2. The lowest BCUT2D eigenvalue weighted by atomic mass is 10.2. The van der Waals surface area contributed by atoms with Crippen molar-refractivity contribution in [3.63, 3.8) is 0 Å². The summed E-state index contributed by atoms with van der Waals surface area (Å²) in [6, 6.07) is 0. The average Bonchev–Trinajstić information content (AvgIpc) is 2.94. The van der Waals surface area contributed by atoms with Gasteiger partial charge in [-0.05, 0) is 12.8 Å². The summed E-state index contributed by atoms with van der Waals surface area (Å²) in [4.78, 5) is 36.8. The predicted octanol–water partition coefficient (Wildman–Crippen LogP) is -1.59. The van der Waals surface area contributed by atoms with E-state index in [1.54, 1.807) is 0 Å². The van der Waals surface area contributed by atoms with Crippen molar-refractivity contribution in [3.05, 3.63) is 32.6 Å². The number of carbonyl (C=O) groups excluding carboxylic acids is 1. The maximum absolute atomic E-state index is 11.8. The highest BCUT2D eigenvalue weighted by atomic mass is 16.5. The summed E-state index contributed by atoms with van der Waals surface area (Å²) >= 11 is 0. The molecule has 21 heavy (non-hydrogen) atoms. The predicted molar refractivity (Wildman–Crippen MR) is 68.5 cm³/mol. The molecule has 0 bridgehead atoms. The molecule has 116 valence electrons. The van der Waals surface area contributed by atoms with E-state index in [2.05, 4.69) is 4.74 Å². The Bertz CT molecular complexity index is 635. The van der Waals surface area contributed by atoms with Crippen LogP contribution < -0.4 is 11.2 Å². The van der Waals surface area contributed by atoms with Crippen LogP contribution in [-0.2, 0) is 14.3 Å². The number of hydrogen-bond acceptors (Lipinski definition) is 7. The van der Waals surface area contributed by atoms with Gasteiger partial charge >= 0.3 is 11.7 Å². The minimum atomic E-state index is -1.79. The van der Waals surface area contributed by atoms with Gasteiger partial charge in [-0.1, -0.05) is 0 Å². The number of esters is 1. The molecule has 1 aliphatic rings. The summed E-state index contributed by atoms with van der Waals surface area (Å²) in [7, 11) is 1.07. The number of aliphatic hydroxyl groups excluding tert-OH is 2. The summed E-state index contributed by atoms with van der Waals surface area (Å²) < 4.78 is 10.9. The second-order valence-corrected chi connectivity index (χ2v) is 4.65. The molecule has 0 aromatic carbocycles. The Hall–Kier alpha value is -1.97. The fourth-order valence-electron chi connectivity index (χ4n) is 2.17. The van der Waals surface area contributed by atoms with Crippen LogP contribution in [0.5, 0.6) is 0 Å². The number of ether oxygens (including phenoxy) is 2. The highest BCUT2D eigenvalue weighted by Gasteiger charge is 2.29. The van der Waals surface area contributed by atoms with E-state index in [0.29, 0.717) is 12.8 Å². The van der Waals surface area contributed by atoms with Crippen molar-refractivity contribution in [2.45, 2.75) is 31.3 Å². The second-order valence-electron chi connectivity index (χ2n) is 4.65. The van der Waals surface area contributed by atoms with Crippen molar-refractivity contribution < 1.29 is 24.5 Å². The lowest BCUT2D eigenvalue weighted by molar-refractivity contribution is -0.150. The zero-order valence-electron chi connectivity index (χ0n) is 11.3. The number of carbonyl (C=O) groups is 1. The van der Waals surface area contributed by atoms with Gasteiger partial charge in [0.05, 0.1) is 25.4 Å². The lowest BCUT2D eigenvalue weighted by Gasteiger charge is -2.16. The smallest absolute Gasteiger partial charge is 0.339 e. The lowest BCUT2D eigenvalue weighted by Crippen LogP contribution is -2.36. The van der Waals surface area contributed by atoms with Gasteiger partial charge in [-0.2, -0.15) is 0 Å². The van der Waals surface area contributed by atoms with Gasteiger partial charge in [-0.15, -0.1) is 0 Å². The molecule has 9 heteroatoms. The summed E-state index contributed by atoms with van der Waals surface area (Å²) in [5.74, 6) is -1.01. The number of hydrogen-bond donors (Lipinski definition) is 3. The van der Waals surface area contributed by atoms with Crippen molar-refractivity contribution in [3.8, 4) is 0 Å². The van der Waals surface area contributed by atoms with E-state index < -0.39 is 29.6 Å². The highest BCUT2D eigenvalue weighted by Crippen LogP contribution is 2.26. The molecule has 1 fully saturated rings. The molecular formula is C12H16N2O7. The van der Waals surface area contributed by atoms with Crippen LogP contribution in [0.25, 0.3) is 0 Å². The Balaban J connectivity index is 2.38. The molecule has 0 radical (unpaired) electrons. The second kappa shape index (κ2) is 6.20. The van der Waals surface area contributed by atoms with E-state index in [1.807, 2.05) is 4.98 Å². The van der Waals surface area contributed by atoms with Crippen LogP contribution in [-0.4, -0.2) is 45.6 Å². The number of nitrogens with one attached hydrogen (secondary N) is 1. The first-order valence-corrected chi connectivity index (χ1v) is 6.35. The first-order chi connectivity index (χ1) is 9.97. The molecular weight excluding hydrogens is 284 g/mol. The quantitative estimate of drug-likeness (QED) is 0.571. The number of H-pyrrole nitrogens is 1. The minimum absolute atomic E-state index is 0.174. The molecule has 3 atom stereocenters. The maximum Gasteiger partial charge on any atom is 0.339 e. The Labute approximate surface area is 118 Å². The minimum Gasteiger partial charge on any atom is -0.467 e. The number of nitrogens with zero attached hydrogens (tertiary/aromatic N) is 1. The molecule has 0 amide bonds. The largest absolute Gasteiger partial charge is 0.467 e. The topological polar surface area (TPSA) is 131 Å². The van der Waals surface area contributed by atoms with Crippen LogP contribution in [0.1, 0.15) is 30.7 Å². The Morgan fingerprint density at radius 3 is 2.86 bits per heavy atom. The van der Waals surface area contributed by atoms with Gasteiger partial charge in [0, 0.05) is 6.20 Å². The molecule has 1 aromatic rings. The monoisotopic (exact) mass is 300 g/mol. The van der Waals surface area contributed by atoms with Crippen molar-refractivity contribution in [1.82, 2.24) is 9.55 Å². The normalized spacial score (nSPS) is 23.0. The summed E-state index contributed by atoms with van der Waals surface area (Å²) in [5, 5.41) is 18.8. The number of rotatable bonds is 4.